The number of rotatable bonds is 3. The zero-order valence-electron chi connectivity index (χ0n) is 11.8. The summed E-state index contributed by atoms with van der Waals surface area (Å²) in [5, 5.41) is 10.7. The Morgan fingerprint density at radius 3 is 2.90 bits per heavy atom. The molecule has 3 fully saturated rings. The third-order valence-electron chi connectivity index (χ3n) is 4.80. The van der Waals surface area contributed by atoms with Crippen LogP contribution in [-0.4, -0.2) is 35.4 Å². The molecular formula is C15H22N2O2S. The van der Waals surface area contributed by atoms with Crippen LogP contribution in [0.2, 0.25) is 0 Å². The average Bonchev–Trinajstić information content (AvgIpc) is 3.26. The van der Waals surface area contributed by atoms with Gasteiger partial charge in [-0.15, -0.1) is 0 Å². The van der Waals surface area contributed by atoms with Gasteiger partial charge in [-0.05, 0) is 25.7 Å². The third kappa shape index (κ3) is 2.26. The number of ether oxygens (including phenoxy) is 1. The molecule has 2 saturated carbocycles. The second-order valence-electron chi connectivity index (χ2n) is 6.19. The number of morpholine rings is 1. The maximum absolute atomic E-state index is 9.57. The smallest absolute Gasteiger partial charge is 0.186 e. The van der Waals surface area contributed by atoms with E-state index in [0.717, 1.165) is 23.2 Å². The number of aliphatic hydroxyl groups is 1. The Balaban J connectivity index is 1.62. The lowest BCUT2D eigenvalue weighted by atomic mass is 9.90. The van der Waals surface area contributed by atoms with Crippen LogP contribution in [0.4, 0.5) is 5.13 Å². The average molecular weight is 294 g/mol. The molecule has 1 aliphatic heterocycles. The Morgan fingerprint density at radius 1 is 1.25 bits per heavy atom. The summed E-state index contributed by atoms with van der Waals surface area (Å²) in [6, 6.07) is 0.502. The Labute approximate surface area is 123 Å². The molecule has 5 heteroatoms. The minimum Gasteiger partial charge on any atom is -0.391 e. The van der Waals surface area contributed by atoms with Gasteiger partial charge in [0.15, 0.2) is 5.13 Å². The van der Waals surface area contributed by atoms with Crippen molar-refractivity contribution in [2.45, 2.75) is 63.2 Å². The van der Waals surface area contributed by atoms with E-state index in [2.05, 4.69) is 4.90 Å². The molecule has 0 amide bonds. The van der Waals surface area contributed by atoms with Crippen molar-refractivity contribution in [3.63, 3.8) is 0 Å². The summed E-state index contributed by atoms with van der Waals surface area (Å²) < 4.78 is 5.94. The zero-order chi connectivity index (χ0) is 13.5. The lowest BCUT2D eigenvalue weighted by Gasteiger charge is -2.43. The molecule has 2 atom stereocenters. The van der Waals surface area contributed by atoms with Crippen LogP contribution < -0.4 is 4.90 Å². The number of aliphatic hydroxyl groups excluding tert-OH is 1. The normalized spacial score (nSPS) is 30.4. The van der Waals surface area contributed by atoms with Gasteiger partial charge in [0.25, 0.3) is 0 Å². The molecule has 4 rings (SSSR count). The lowest BCUT2D eigenvalue weighted by Crippen LogP contribution is -2.52. The molecule has 1 aromatic heterocycles. The molecule has 0 radical (unpaired) electrons. The third-order valence-corrected chi connectivity index (χ3v) is 5.89. The van der Waals surface area contributed by atoms with Crippen LogP contribution in [0.15, 0.2) is 0 Å². The molecule has 20 heavy (non-hydrogen) atoms. The van der Waals surface area contributed by atoms with E-state index >= 15 is 0 Å². The second-order valence-corrected chi connectivity index (χ2v) is 7.25. The van der Waals surface area contributed by atoms with Crippen LogP contribution in [0.3, 0.4) is 0 Å². The standard InChI is InChI=1S/C15H22N2O2S/c18-9-13-14(10-5-6-10)16-15(20-13)17-7-8-19-12-4-2-1-3-11(12)17/h10-12,18H,1-9H2. The number of fused-ring (bicyclic) bond motifs is 1. The lowest BCUT2D eigenvalue weighted by molar-refractivity contribution is -0.00869. The minimum atomic E-state index is 0.141. The number of anilines is 1. The fourth-order valence-electron chi connectivity index (χ4n) is 3.60. The fraction of sp³-hybridized carbons (Fsp3) is 0.800. The first-order chi connectivity index (χ1) is 9.86. The summed E-state index contributed by atoms with van der Waals surface area (Å²) in [4.78, 5) is 8.43. The quantitative estimate of drug-likeness (QED) is 0.931. The first kappa shape index (κ1) is 13.0. The fourth-order valence-corrected chi connectivity index (χ4v) is 4.69. The van der Waals surface area contributed by atoms with Crippen molar-refractivity contribution in [1.82, 2.24) is 4.98 Å². The van der Waals surface area contributed by atoms with Gasteiger partial charge in [-0.1, -0.05) is 24.2 Å². The predicted molar refractivity (Wildman–Crippen MR) is 79.4 cm³/mol. The van der Waals surface area contributed by atoms with Crippen molar-refractivity contribution in [2.24, 2.45) is 0 Å². The van der Waals surface area contributed by atoms with E-state index in [1.165, 1.54) is 44.2 Å². The van der Waals surface area contributed by atoms with Crippen molar-refractivity contribution >= 4 is 16.5 Å². The summed E-state index contributed by atoms with van der Waals surface area (Å²) >= 11 is 1.70. The van der Waals surface area contributed by atoms with Crippen molar-refractivity contribution in [3.05, 3.63) is 10.6 Å². The van der Waals surface area contributed by atoms with Gasteiger partial charge < -0.3 is 14.7 Å². The molecule has 0 aromatic carbocycles. The first-order valence-electron chi connectivity index (χ1n) is 7.85. The van der Waals surface area contributed by atoms with Crippen LogP contribution in [-0.2, 0) is 11.3 Å². The van der Waals surface area contributed by atoms with E-state index in [4.69, 9.17) is 9.72 Å². The van der Waals surface area contributed by atoms with Crippen molar-refractivity contribution in [1.29, 1.82) is 0 Å². The Morgan fingerprint density at radius 2 is 2.10 bits per heavy atom. The van der Waals surface area contributed by atoms with E-state index in [-0.39, 0.29) is 6.61 Å². The molecule has 3 aliphatic rings. The molecule has 2 heterocycles. The van der Waals surface area contributed by atoms with Gasteiger partial charge in [0.2, 0.25) is 0 Å². The van der Waals surface area contributed by atoms with E-state index in [9.17, 15) is 5.11 Å². The molecule has 1 N–H and O–H groups in total. The maximum Gasteiger partial charge on any atom is 0.186 e. The van der Waals surface area contributed by atoms with Gasteiger partial charge in [-0.2, -0.15) is 0 Å². The van der Waals surface area contributed by atoms with E-state index in [1.807, 2.05) is 0 Å². The van der Waals surface area contributed by atoms with Crippen LogP contribution >= 0.6 is 11.3 Å². The van der Waals surface area contributed by atoms with Crippen molar-refractivity contribution in [3.8, 4) is 0 Å². The number of aromatic nitrogens is 1. The molecule has 1 saturated heterocycles. The van der Waals surface area contributed by atoms with E-state index < -0.39 is 0 Å². The Hall–Kier alpha value is -0.650. The number of thiazole rings is 1. The first-order valence-corrected chi connectivity index (χ1v) is 8.67. The molecule has 4 nitrogen and oxygen atoms in total. The molecule has 1 aromatic rings. The van der Waals surface area contributed by atoms with Crippen molar-refractivity contribution < 1.29 is 9.84 Å². The van der Waals surface area contributed by atoms with E-state index in [0.29, 0.717) is 18.1 Å². The summed E-state index contributed by atoms with van der Waals surface area (Å²) in [6.45, 7) is 1.90. The van der Waals surface area contributed by atoms with Crippen LogP contribution in [0.25, 0.3) is 0 Å². The summed E-state index contributed by atoms with van der Waals surface area (Å²) in [5.41, 5.74) is 1.17. The van der Waals surface area contributed by atoms with Gasteiger partial charge in [0.1, 0.15) is 0 Å². The van der Waals surface area contributed by atoms with Gasteiger partial charge >= 0.3 is 0 Å². The second kappa shape index (κ2) is 5.28. The Bertz CT molecular complexity index is 484. The highest BCUT2D eigenvalue weighted by molar-refractivity contribution is 7.15. The number of nitrogens with zero attached hydrogens (tertiary/aromatic N) is 2. The highest BCUT2D eigenvalue weighted by Crippen LogP contribution is 2.45. The van der Waals surface area contributed by atoms with Gasteiger partial charge in [-0.25, -0.2) is 4.98 Å². The molecule has 2 aliphatic carbocycles. The highest BCUT2D eigenvalue weighted by atomic mass is 32.1. The topological polar surface area (TPSA) is 45.6 Å². The van der Waals surface area contributed by atoms with E-state index in [1.54, 1.807) is 11.3 Å². The SMILES string of the molecule is OCc1sc(N2CCOC3CCCCC32)nc1C1CC1. The highest BCUT2D eigenvalue weighted by Gasteiger charge is 2.37. The van der Waals surface area contributed by atoms with Gasteiger partial charge in [-0.3, -0.25) is 0 Å². The summed E-state index contributed by atoms with van der Waals surface area (Å²) in [6.07, 6.45) is 7.88. The largest absolute Gasteiger partial charge is 0.391 e. The summed E-state index contributed by atoms with van der Waals surface area (Å²) in [7, 11) is 0. The Kier molecular flexibility index (Phi) is 3.44. The van der Waals surface area contributed by atoms with Gasteiger partial charge in [0.05, 0.1) is 35.9 Å². The van der Waals surface area contributed by atoms with Crippen LogP contribution in [0.1, 0.15) is 55.0 Å². The summed E-state index contributed by atoms with van der Waals surface area (Å²) in [5.74, 6) is 0.616. The monoisotopic (exact) mass is 294 g/mol. The maximum atomic E-state index is 9.57. The molecular weight excluding hydrogens is 272 g/mol. The van der Waals surface area contributed by atoms with Crippen LogP contribution in [0.5, 0.6) is 0 Å². The molecule has 2 unspecified atom stereocenters. The van der Waals surface area contributed by atoms with Crippen molar-refractivity contribution in [2.75, 3.05) is 18.1 Å². The zero-order valence-corrected chi connectivity index (χ0v) is 12.6. The minimum absolute atomic E-state index is 0.141. The number of hydrogen-bond acceptors (Lipinski definition) is 5. The van der Waals surface area contributed by atoms with Gasteiger partial charge in [0, 0.05) is 12.5 Å². The molecule has 0 spiro atoms. The van der Waals surface area contributed by atoms with Crippen LogP contribution in [0, 0.1) is 0 Å². The molecule has 0 bridgehead atoms. The predicted octanol–water partition coefficient (Wildman–Crippen LogP) is 2.66. The molecule has 110 valence electrons. The number of hydrogen-bond donors (Lipinski definition) is 1.